The predicted molar refractivity (Wildman–Crippen MR) is 111 cm³/mol. The van der Waals surface area contributed by atoms with Gasteiger partial charge in [0.2, 0.25) is 6.79 Å². The molecular weight excluding hydrogens is 348 g/mol. The Bertz CT molecular complexity index is 935. The van der Waals surface area contributed by atoms with Crippen molar-refractivity contribution in [3.8, 4) is 22.6 Å². The lowest BCUT2D eigenvalue weighted by molar-refractivity contribution is 0.173. The molecule has 28 heavy (non-hydrogen) atoms. The first-order chi connectivity index (χ1) is 13.9. The van der Waals surface area contributed by atoms with Gasteiger partial charge in [-0.3, -0.25) is 4.90 Å². The van der Waals surface area contributed by atoms with E-state index in [1.54, 1.807) is 0 Å². The summed E-state index contributed by atoms with van der Waals surface area (Å²) in [5, 5.41) is 3.46. The molecule has 2 aliphatic rings. The van der Waals surface area contributed by atoms with Gasteiger partial charge in [-0.15, -0.1) is 0 Å². The Balaban J connectivity index is 1.51. The molecule has 1 atom stereocenters. The molecule has 0 spiro atoms. The van der Waals surface area contributed by atoms with Crippen molar-refractivity contribution in [2.45, 2.75) is 6.04 Å². The number of nitrogens with zero attached hydrogens (tertiary/aromatic N) is 1. The van der Waals surface area contributed by atoms with E-state index < -0.39 is 0 Å². The highest BCUT2D eigenvalue weighted by molar-refractivity contribution is 5.63. The van der Waals surface area contributed by atoms with E-state index in [0.717, 1.165) is 37.7 Å². The van der Waals surface area contributed by atoms with Gasteiger partial charge in [0, 0.05) is 26.2 Å². The molecule has 2 heterocycles. The Labute approximate surface area is 165 Å². The monoisotopic (exact) mass is 372 g/mol. The standard InChI is InChI=1S/C24H24N2O2/c1-2-4-18(5-3-1)19-6-8-20(9-7-19)24(26-14-12-25-13-15-26)21-10-11-22-23(16-21)28-17-27-22/h1-11,16,24-25H,12-15,17H2. The van der Waals surface area contributed by atoms with Gasteiger partial charge in [0.05, 0.1) is 6.04 Å². The largest absolute Gasteiger partial charge is 0.454 e. The molecule has 0 aromatic heterocycles. The number of nitrogens with one attached hydrogen (secondary N) is 1. The Morgan fingerprint density at radius 2 is 1.39 bits per heavy atom. The Kier molecular flexibility index (Phi) is 4.73. The topological polar surface area (TPSA) is 33.7 Å². The van der Waals surface area contributed by atoms with Crippen molar-refractivity contribution in [1.82, 2.24) is 10.2 Å². The summed E-state index contributed by atoms with van der Waals surface area (Å²) in [6.07, 6.45) is 0. The van der Waals surface area contributed by atoms with E-state index in [2.05, 4.69) is 76.9 Å². The number of hydrogen-bond donors (Lipinski definition) is 1. The average molecular weight is 372 g/mol. The molecule has 0 bridgehead atoms. The van der Waals surface area contributed by atoms with Gasteiger partial charge < -0.3 is 14.8 Å². The lowest BCUT2D eigenvalue weighted by Gasteiger charge is -2.35. The molecule has 0 aliphatic carbocycles. The molecule has 142 valence electrons. The minimum Gasteiger partial charge on any atom is -0.454 e. The summed E-state index contributed by atoms with van der Waals surface area (Å²) in [6.45, 7) is 4.40. The van der Waals surface area contributed by atoms with E-state index in [9.17, 15) is 0 Å². The van der Waals surface area contributed by atoms with Crippen LogP contribution in [-0.4, -0.2) is 37.9 Å². The fourth-order valence-corrected chi connectivity index (χ4v) is 4.13. The van der Waals surface area contributed by atoms with Gasteiger partial charge in [-0.25, -0.2) is 0 Å². The second kappa shape index (κ2) is 7.66. The minimum atomic E-state index is 0.210. The van der Waals surface area contributed by atoms with Crippen LogP contribution in [0.1, 0.15) is 17.2 Å². The molecule has 3 aromatic carbocycles. The fourth-order valence-electron chi connectivity index (χ4n) is 4.13. The van der Waals surface area contributed by atoms with Crippen LogP contribution in [0.2, 0.25) is 0 Å². The summed E-state index contributed by atoms with van der Waals surface area (Å²) in [4.78, 5) is 2.55. The third kappa shape index (κ3) is 3.37. The SMILES string of the molecule is c1ccc(-c2ccc(C(c3ccc4c(c3)OCO4)N3CCNCC3)cc2)cc1. The highest BCUT2D eigenvalue weighted by atomic mass is 16.7. The van der Waals surface area contributed by atoms with E-state index in [4.69, 9.17) is 9.47 Å². The first kappa shape index (κ1) is 17.3. The summed E-state index contributed by atoms with van der Waals surface area (Å²) >= 11 is 0. The Morgan fingerprint density at radius 3 is 2.18 bits per heavy atom. The number of piperazine rings is 1. The van der Waals surface area contributed by atoms with Crippen LogP contribution >= 0.6 is 0 Å². The van der Waals surface area contributed by atoms with E-state index in [-0.39, 0.29) is 6.04 Å². The van der Waals surface area contributed by atoms with Crippen LogP contribution in [0.3, 0.4) is 0 Å². The zero-order chi connectivity index (χ0) is 18.8. The number of benzene rings is 3. The van der Waals surface area contributed by atoms with Crippen LogP contribution in [0.5, 0.6) is 11.5 Å². The highest BCUT2D eigenvalue weighted by Gasteiger charge is 2.26. The molecule has 5 rings (SSSR count). The molecule has 3 aromatic rings. The molecule has 2 aliphatic heterocycles. The number of hydrogen-bond acceptors (Lipinski definition) is 4. The molecule has 0 saturated carbocycles. The van der Waals surface area contributed by atoms with Gasteiger partial charge in [-0.05, 0) is 34.4 Å². The molecule has 0 amide bonds. The van der Waals surface area contributed by atoms with Crippen molar-refractivity contribution in [3.05, 3.63) is 83.9 Å². The van der Waals surface area contributed by atoms with Crippen LogP contribution < -0.4 is 14.8 Å². The Morgan fingerprint density at radius 1 is 0.714 bits per heavy atom. The molecule has 0 radical (unpaired) electrons. The van der Waals surface area contributed by atoms with E-state index in [1.165, 1.54) is 22.3 Å². The van der Waals surface area contributed by atoms with Gasteiger partial charge in [-0.1, -0.05) is 60.7 Å². The maximum atomic E-state index is 5.64. The third-order valence-electron chi connectivity index (χ3n) is 5.56. The normalized spacial score (nSPS) is 17.4. The van der Waals surface area contributed by atoms with Crippen molar-refractivity contribution < 1.29 is 9.47 Å². The lowest BCUT2D eigenvalue weighted by Crippen LogP contribution is -2.45. The number of ether oxygens (including phenoxy) is 2. The minimum absolute atomic E-state index is 0.210. The third-order valence-corrected chi connectivity index (χ3v) is 5.56. The summed E-state index contributed by atoms with van der Waals surface area (Å²) in [7, 11) is 0. The molecule has 1 saturated heterocycles. The summed E-state index contributed by atoms with van der Waals surface area (Å²) in [6, 6.07) is 26.1. The van der Waals surface area contributed by atoms with E-state index >= 15 is 0 Å². The molecule has 4 nitrogen and oxygen atoms in total. The second-order valence-electron chi connectivity index (χ2n) is 7.29. The van der Waals surface area contributed by atoms with E-state index in [1.807, 2.05) is 6.07 Å². The van der Waals surface area contributed by atoms with Crippen molar-refractivity contribution in [1.29, 1.82) is 0 Å². The van der Waals surface area contributed by atoms with Crippen LogP contribution in [0, 0.1) is 0 Å². The van der Waals surface area contributed by atoms with Crippen LogP contribution in [0.4, 0.5) is 0 Å². The van der Waals surface area contributed by atoms with Gasteiger partial charge in [0.15, 0.2) is 11.5 Å². The van der Waals surface area contributed by atoms with E-state index in [0.29, 0.717) is 6.79 Å². The second-order valence-corrected chi connectivity index (χ2v) is 7.29. The van der Waals surface area contributed by atoms with Gasteiger partial charge in [0.25, 0.3) is 0 Å². The summed E-state index contributed by atoms with van der Waals surface area (Å²) in [5.74, 6) is 1.68. The fraction of sp³-hybridized carbons (Fsp3) is 0.250. The first-order valence-electron chi connectivity index (χ1n) is 9.88. The molecule has 1 fully saturated rings. The zero-order valence-corrected chi connectivity index (χ0v) is 15.8. The Hall–Kier alpha value is -2.82. The number of fused-ring (bicyclic) bond motifs is 1. The van der Waals surface area contributed by atoms with Crippen molar-refractivity contribution in [2.24, 2.45) is 0 Å². The maximum Gasteiger partial charge on any atom is 0.231 e. The predicted octanol–water partition coefficient (Wildman–Crippen LogP) is 4.08. The van der Waals surface area contributed by atoms with Crippen LogP contribution in [0.25, 0.3) is 11.1 Å². The average Bonchev–Trinajstić information content (AvgIpc) is 3.24. The van der Waals surface area contributed by atoms with Crippen molar-refractivity contribution in [3.63, 3.8) is 0 Å². The molecule has 1 N–H and O–H groups in total. The maximum absolute atomic E-state index is 5.64. The van der Waals surface area contributed by atoms with Crippen LogP contribution in [-0.2, 0) is 0 Å². The highest BCUT2D eigenvalue weighted by Crippen LogP contribution is 2.38. The molecule has 1 unspecified atom stereocenters. The molecular formula is C24H24N2O2. The quantitative estimate of drug-likeness (QED) is 0.748. The van der Waals surface area contributed by atoms with Gasteiger partial charge in [-0.2, -0.15) is 0 Å². The van der Waals surface area contributed by atoms with Crippen molar-refractivity contribution >= 4 is 0 Å². The number of rotatable bonds is 4. The smallest absolute Gasteiger partial charge is 0.231 e. The molecule has 4 heteroatoms. The van der Waals surface area contributed by atoms with Crippen LogP contribution in [0.15, 0.2) is 72.8 Å². The summed E-state index contributed by atoms with van der Waals surface area (Å²) in [5.41, 5.74) is 5.05. The summed E-state index contributed by atoms with van der Waals surface area (Å²) < 4.78 is 11.1. The van der Waals surface area contributed by atoms with Crippen molar-refractivity contribution in [2.75, 3.05) is 33.0 Å². The van der Waals surface area contributed by atoms with Gasteiger partial charge in [0.1, 0.15) is 0 Å². The van der Waals surface area contributed by atoms with Gasteiger partial charge >= 0.3 is 0 Å². The lowest BCUT2D eigenvalue weighted by atomic mass is 9.94. The first-order valence-corrected chi connectivity index (χ1v) is 9.88. The zero-order valence-electron chi connectivity index (χ0n) is 15.8.